The third kappa shape index (κ3) is 7.94. The largest absolute Gasteiger partial charge is 0.497 e. The van der Waals surface area contributed by atoms with Crippen molar-refractivity contribution in [1.29, 1.82) is 0 Å². The van der Waals surface area contributed by atoms with Gasteiger partial charge in [-0.15, -0.1) is 16.8 Å². The Morgan fingerprint density at radius 3 is 2.42 bits per heavy atom. The highest BCUT2D eigenvalue weighted by molar-refractivity contribution is 7.99. The molecule has 38 heavy (non-hydrogen) atoms. The van der Waals surface area contributed by atoms with E-state index in [4.69, 9.17) is 9.47 Å². The van der Waals surface area contributed by atoms with Gasteiger partial charge in [0.15, 0.2) is 11.0 Å². The van der Waals surface area contributed by atoms with Crippen molar-refractivity contribution in [3.05, 3.63) is 78.1 Å². The van der Waals surface area contributed by atoms with Crippen LogP contribution in [0.5, 0.6) is 5.75 Å². The Labute approximate surface area is 225 Å². The summed E-state index contributed by atoms with van der Waals surface area (Å²) in [6.45, 7) is 8.07. The Bertz CT molecular complexity index is 1260. The molecule has 1 aromatic heterocycles. The molecule has 1 atom stereocenters. The Kier molecular flexibility index (Phi) is 10.5. The number of thioether (sulfide) groups is 1. The summed E-state index contributed by atoms with van der Waals surface area (Å²) in [5, 5.41) is 14.8. The van der Waals surface area contributed by atoms with Crippen LogP contribution in [0.25, 0.3) is 0 Å². The fourth-order valence-electron chi connectivity index (χ4n) is 3.54. The summed E-state index contributed by atoms with van der Waals surface area (Å²) in [7, 11) is 1.59. The van der Waals surface area contributed by atoms with Gasteiger partial charge < -0.3 is 24.7 Å². The summed E-state index contributed by atoms with van der Waals surface area (Å²) in [6, 6.07) is 13.4. The van der Waals surface area contributed by atoms with Crippen LogP contribution in [0.4, 0.5) is 5.69 Å². The normalized spacial score (nSPS) is 11.3. The van der Waals surface area contributed by atoms with Gasteiger partial charge in [0.2, 0.25) is 11.8 Å². The molecule has 3 aromatic rings. The maximum absolute atomic E-state index is 12.6. The molecular weight excluding hydrogens is 506 g/mol. The lowest BCUT2D eigenvalue weighted by Crippen LogP contribution is -2.30. The van der Waals surface area contributed by atoms with Crippen molar-refractivity contribution in [1.82, 2.24) is 20.1 Å². The van der Waals surface area contributed by atoms with Gasteiger partial charge in [-0.05, 0) is 55.8 Å². The van der Waals surface area contributed by atoms with Gasteiger partial charge in [-0.1, -0.05) is 30.0 Å². The second kappa shape index (κ2) is 14.0. The zero-order valence-corrected chi connectivity index (χ0v) is 22.4. The van der Waals surface area contributed by atoms with Crippen LogP contribution in [-0.2, 0) is 27.3 Å². The number of anilines is 1. The third-order valence-corrected chi connectivity index (χ3v) is 6.32. The highest BCUT2D eigenvalue weighted by atomic mass is 32.2. The van der Waals surface area contributed by atoms with Gasteiger partial charge in [-0.25, -0.2) is 4.79 Å². The highest BCUT2D eigenvalue weighted by Crippen LogP contribution is 2.22. The van der Waals surface area contributed by atoms with E-state index in [9.17, 15) is 14.4 Å². The summed E-state index contributed by atoms with van der Waals surface area (Å²) >= 11 is 1.22. The number of carbonyl (C=O) groups is 3. The number of amides is 2. The number of aromatic nitrogens is 3. The fraction of sp³-hybridized carbons (Fsp3) is 0.296. The second-order valence-corrected chi connectivity index (χ2v) is 9.13. The van der Waals surface area contributed by atoms with Crippen molar-refractivity contribution >= 4 is 35.2 Å². The summed E-state index contributed by atoms with van der Waals surface area (Å²) in [6.07, 6.45) is 1.92. The lowest BCUT2D eigenvalue weighted by Gasteiger charge is -2.15. The molecule has 0 aliphatic heterocycles. The topological polar surface area (TPSA) is 124 Å². The molecular formula is C27H31N5O5S. The summed E-state index contributed by atoms with van der Waals surface area (Å²) < 4.78 is 11.9. The van der Waals surface area contributed by atoms with Crippen molar-refractivity contribution in [2.24, 2.45) is 0 Å². The SMILES string of the molecule is C=CCn1c(SCC(=O)Nc2ccc(C(=O)OCC)cc2)nnc1[C@@H](C)NC(=O)Cc1ccc(OC)cc1. The van der Waals surface area contributed by atoms with E-state index in [0.717, 1.165) is 11.3 Å². The molecule has 10 nitrogen and oxygen atoms in total. The van der Waals surface area contributed by atoms with Crippen molar-refractivity contribution < 1.29 is 23.9 Å². The standard InChI is InChI=1S/C27H31N5O5S/c1-5-15-32-25(18(3)28-23(33)16-19-7-13-22(36-4)14-8-19)30-31-27(32)38-17-24(34)29-21-11-9-20(10-12-21)26(35)37-6-2/h5,7-14,18H,1,6,15-17H2,2-4H3,(H,28,33)(H,29,34)/t18-/m1/s1. The van der Waals surface area contributed by atoms with E-state index in [1.165, 1.54) is 11.8 Å². The zero-order chi connectivity index (χ0) is 27.5. The number of allylic oxidation sites excluding steroid dienone is 1. The predicted molar refractivity (Wildman–Crippen MR) is 145 cm³/mol. The van der Waals surface area contributed by atoms with Crippen LogP contribution in [0.2, 0.25) is 0 Å². The number of ether oxygens (including phenoxy) is 2. The van der Waals surface area contributed by atoms with Crippen molar-refractivity contribution in [3.8, 4) is 5.75 Å². The molecule has 0 fully saturated rings. The molecule has 0 aliphatic rings. The maximum Gasteiger partial charge on any atom is 0.338 e. The van der Waals surface area contributed by atoms with Gasteiger partial charge in [0.1, 0.15) is 5.75 Å². The Hall–Kier alpha value is -4.12. The van der Waals surface area contributed by atoms with E-state index < -0.39 is 12.0 Å². The van der Waals surface area contributed by atoms with E-state index in [1.54, 1.807) is 44.4 Å². The molecule has 3 rings (SSSR count). The minimum Gasteiger partial charge on any atom is -0.497 e. The van der Waals surface area contributed by atoms with Gasteiger partial charge in [0, 0.05) is 12.2 Å². The molecule has 2 N–H and O–H groups in total. The number of benzene rings is 2. The van der Waals surface area contributed by atoms with Crippen molar-refractivity contribution in [3.63, 3.8) is 0 Å². The zero-order valence-electron chi connectivity index (χ0n) is 21.6. The average Bonchev–Trinajstić information content (AvgIpc) is 3.31. The number of esters is 1. The minimum absolute atomic E-state index is 0.0904. The van der Waals surface area contributed by atoms with Crippen LogP contribution in [0.3, 0.4) is 0 Å². The molecule has 0 bridgehead atoms. The highest BCUT2D eigenvalue weighted by Gasteiger charge is 2.20. The van der Waals surface area contributed by atoms with E-state index >= 15 is 0 Å². The first-order chi connectivity index (χ1) is 18.3. The van der Waals surface area contributed by atoms with Gasteiger partial charge in [-0.2, -0.15) is 0 Å². The van der Waals surface area contributed by atoms with Crippen LogP contribution in [0.15, 0.2) is 66.3 Å². The molecule has 11 heteroatoms. The summed E-state index contributed by atoms with van der Waals surface area (Å²) in [5.74, 6) is 0.570. The van der Waals surface area contributed by atoms with E-state index in [-0.39, 0.29) is 24.0 Å². The summed E-state index contributed by atoms with van der Waals surface area (Å²) in [5.41, 5.74) is 1.83. The first-order valence-corrected chi connectivity index (χ1v) is 13.0. The molecule has 0 saturated carbocycles. The lowest BCUT2D eigenvalue weighted by atomic mass is 10.1. The number of carbonyl (C=O) groups excluding carboxylic acids is 3. The van der Waals surface area contributed by atoms with Crippen molar-refractivity contribution in [2.75, 3.05) is 24.8 Å². The Morgan fingerprint density at radius 2 is 1.79 bits per heavy atom. The number of nitrogens with one attached hydrogen (secondary N) is 2. The smallest absolute Gasteiger partial charge is 0.338 e. The number of rotatable bonds is 13. The van der Waals surface area contributed by atoms with Gasteiger partial charge in [0.25, 0.3) is 0 Å². The first-order valence-electron chi connectivity index (χ1n) is 12.0. The van der Waals surface area contributed by atoms with E-state index in [1.807, 2.05) is 35.8 Å². The molecule has 2 aromatic carbocycles. The average molecular weight is 538 g/mol. The molecule has 0 saturated heterocycles. The predicted octanol–water partition coefficient (Wildman–Crippen LogP) is 3.80. The Morgan fingerprint density at radius 1 is 1.08 bits per heavy atom. The number of methoxy groups -OCH3 is 1. The second-order valence-electron chi connectivity index (χ2n) is 8.19. The quantitative estimate of drug-likeness (QED) is 0.192. The molecule has 0 unspecified atom stereocenters. The Balaban J connectivity index is 1.57. The van der Waals surface area contributed by atoms with E-state index in [2.05, 4.69) is 27.4 Å². The maximum atomic E-state index is 12.6. The molecule has 0 spiro atoms. The van der Waals surface area contributed by atoms with Crippen LogP contribution in [-0.4, -0.2) is 52.0 Å². The molecule has 0 aliphatic carbocycles. The van der Waals surface area contributed by atoms with Crippen LogP contribution in [0, 0.1) is 0 Å². The molecule has 200 valence electrons. The monoisotopic (exact) mass is 537 g/mol. The lowest BCUT2D eigenvalue weighted by molar-refractivity contribution is -0.121. The van der Waals surface area contributed by atoms with Gasteiger partial charge >= 0.3 is 5.97 Å². The third-order valence-electron chi connectivity index (χ3n) is 5.36. The van der Waals surface area contributed by atoms with Crippen LogP contribution >= 0.6 is 11.8 Å². The van der Waals surface area contributed by atoms with Crippen LogP contribution < -0.4 is 15.4 Å². The number of hydrogen-bond acceptors (Lipinski definition) is 8. The molecule has 0 radical (unpaired) electrons. The first kappa shape index (κ1) is 28.5. The number of nitrogens with zero attached hydrogens (tertiary/aromatic N) is 3. The summed E-state index contributed by atoms with van der Waals surface area (Å²) in [4.78, 5) is 36.9. The minimum atomic E-state index is -0.413. The van der Waals surface area contributed by atoms with Gasteiger partial charge in [-0.3, -0.25) is 9.59 Å². The van der Waals surface area contributed by atoms with E-state index in [0.29, 0.717) is 35.4 Å². The van der Waals surface area contributed by atoms with Gasteiger partial charge in [0.05, 0.1) is 37.5 Å². The molecule has 1 heterocycles. The number of hydrogen-bond donors (Lipinski definition) is 2. The fourth-order valence-corrected chi connectivity index (χ4v) is 4.30. The van der Waals surface area contributed by atoms with Crippen molar-refractivity contribution in [2.45, 2.75) is 38.0 Å². The van der Waals surface area contributed by atoms with Crippen LogP contribution in [0.1, 0.15) is 41.6 Å². The molecule has 2 amide bonds.